The second kappa shape index (κ2) is 7.40. The van der Waals surface area contributed by atoms with Crippen molar-refractivity contribution in [2.45, 2.75) is 26.1 Å². The van der Waals surface area contributed by atoms with Gasteiger partial charge in [-0.2, -0.15) is 13.2 Å². The van der Waals surface area contributed by atoms with Crippen molar-refractivity contribution in [2.75, 3.05) is 13.1 Å². The number of aromatic nitrogens is 1. The van der Waals surface area contributed by atoms with E-state index in [2.05, 4.69) is 0 Å². The number of benzene rings is 1. The first kappa shape index (κ1) is 20.9. The minimum Gasteiger partial charge on any atom is -0.480 e. The zero-order valence-electron chi connectivity index (χ0n) is 16.5. The van der Waals surface area contributed by atoms with Gasteiger partial charge in [0.15, 0.2) is 5.78 Å². The molecule has 2 aromatic rings. The van der Waals surface area contributed by atoms with Crippen LogP contribution in [0.25, 0.3) is 16.5 Å². The largest absolute Gasteiger partial charge is 0.480 e. The Hall–Kier alpha value is -3.36. The van der Waals surface area contributed by atoms with E-state index in [9.17, 15) is 32.3 Å². The molecule has 2 heterocycles. The summed E-state index contributed by atoms with van der Waals surface area (Å²) in [5.41, 5.74) is 3.26. The highest BCUT2D eigenvalue weighted by Crippen LogP contribution is 2.42. The van der Waals surface area contributed by atoms with Crippen molar-refractivity contribution in [1.82, 2.24) is 9.47 Å². The van der Waals surface area contributed by atoms with Gasteiger partial charge >= 0.3 is 12.1 Å². The van der Waals surface area contributed by atoms with Crippen LogP contribution in [-0.2, 0) is 16.1 Å². The van der Waals surface area contributed by atoms with Gasteiger partial charge in [0, 0.05) is 52.6 Å². The van der Waals surface area contributed by atoms with Crippen LogP contribution in [0.1, 0.15) is 17.7 Å². The van der Waals surface area contributed by atoms with E-state index in [0.29, 0.717) is 39.0 Å². The first-order chi connectivity index (χ1) is 14.5. The summed E-state index contributed by atoms with van der Waals surface area (Å²) in [5.74, 6) is -1.91. The molecule has 1 aliphatic carbocycles. The maximum absolute atomic E-state index is 14.1. The number of aliphatic carboxylic acids is 1. The van der Waals surface area contributed by atoms with E-state index in [-0.39, 0.29) is 25.4 Å². The molecule has 0 saturated heterocycles. The molecule has 0 saturated carbocycles. The molecule has 31 heavy (non-hydrogen) atoms. The summed E-state index contributed by atoms with van der Waals surface area (Å²) in [5, 5.41) is 9.78. The van der Waals surface area contributed by atoms with E-state index >= 15 is 0 Å². The summed E-state index contributed by atoms with van der Waals surface area (Å²) in [6, 6.07) is 4.02. The summed E-state index contributed by atoms with van der Waals surface area (Å²) in [7, 11) is 0. The lowest BCUT2D eigenvalue weighted by atomic mass is 9.96. The van der Waals surface area contributed by atoms with Crippen LogP contribution in [0.3, 0.4) is 0 Å². The molecule has 0 radical (unpaired) electrons. The number of allylic oxidation sites excluding steroid dienone is 3. The number of carbonyl (C=O) groups is 2. The number of hydrogen-bond donors (Lipinski definition) is 1. The molecular weight excluding hydrogens is 416 g/mol. The lowest BCUT2D eigenvalue weighted by molar-refractivity contribution is -0.138. The van der Waals surface area contributed by atoms with Crippen LogP contribution in [-0.4, -0.2) is 45.6 Å². The van der Waals surface area contributed by atoms with E-state index in [1.54, 1.807) is 17.6 Å². The summed E-state index contributed by atoms with van der Waals surface area (Å²) in [4.78, 5) is 24.8. The van der Waals surface area contributed by atoms with Gasteiger partial charge in [-0.25, -0.2) is 4.39 Å². The third-order valence-corrected chi connectivity index (χ3v) is 5.53. The molecule has 1 aromatic carbocycles. The molecule has 0 amide bonds. The number of carboxylic acids is 1. The molecule has 162 valence electrons. The number of alkyl halides is 3. The van der Waals surface area contributed by atoms with Crippen molar-refractivity contribution in [3.8, 4) is 0 Å². The van der Waals surface area contributed by atoms with Crippen LogP contribution in [0.5, 0.6) is 0 Å². The van der Waals surface area contributed by atoms with Gasteiger partial charge in [-0.1, -0.05) is 0 Å². The minimum absolute atomic E-state index is 0.0956. The monoisotopic (exact) mass is 434 g/mol. The number of nitrogens with zero attached hydrogens (tertiary/aromatic N) is 2. The van der Waals surface area contributed by atoms with Crippen LogP contribution < -0.4 is 0 Å². The second-order valence-electron chi connectivity index (χ2n) is 7.55. The predicted molar refractivity (Wildman–Crippen MR) is 106 cm³/mol. The lowest BCUT2D eigenvalue weighted by Gasteiger charge is -2.23. The summed E-state index contributed by atoms with van der Waals surface area (Å²) in [6.07, 6.45) is -1.21. The molecule has 0 bridgehead atoms. The average Bonchev–Trinajstić information content (AvgIpc) is 3.14. The van der Waals surface area contributed by atoms with Crippen molar-refractivity contribution in [3.05, 3.63) is 64.8 Å². The molecule has 2 aliphatic rings. The number of fused-ring (bicyclic) bond motifs is 2. The number of ketones is 1. The molecule has 4 rings (SSSR count). The van der Waals surface area contributed by atoms with Crippen LogP contribution in [0.2, 0.25) is 0 Å². The molecule has 1 N–H and O–H groups in total. The second-order valence-corrected chi connectivity index (χ2v) is 7.55. The Balaban J connectivity index is 1.88. The fraction of sp³-hybridized carbons (Fsp3) is 0.273. The SMILES string of the molecule is Cc1c(C2=C3C=CC(=O)C=C3N(CCC(F)(F)F)C2)c2cc(F)ccc2n1CC(=O)O. The quantitative estimate of drug-likeness (QED) is 0.716. The Morgan fingerprint density at radius 2 is 1.97 bits per heavy atom. The molecule has 1 aromatic heterocycles. The van der Waals surface area contributed by atoms with Crippen LogP contribution >= 0.6 is 0 Å². The number of rotatable bonds is 5. The van der Waals surface area contributed by atoms with Crippen LogP contribution in [0.15, 0.2) is 47.7 Å². The van der Waals surface area contributed by atoms with Gasteiger partial charge in [0.1, 0.15) is 12.4 Å². The van der Waals surface area contributed by atoms with E-state index in [4.69, 9.17) is 0 Å². The van der Waals surface area contributed by atoms with Gasteiger partial charge in [0.2, 0.25) is 0 Å². The van der Waals surface area contributed by atoms with Gasteiger partial charge in [-0.05, 0) is 42.8 Å². The predicted octanol–water partition coefficient (Wildman–Crippen LogP) is 4.22. The van der Waals surface area contributed by atoms with E-state index < -0.39 is 24.4 Å². The number of carboxylic acid groups (broad SMARTS) is 1. The summed E-state index contributed by atoms with van der Waals surface area (Å²) >= 11 is 0. The van der Waals surface area contributed by atoms with Gasteiger partial charge < -0.3 is 14.6 Å². The minimum atomic E-state index is -4.35. The Kier molecular flexibility index (Phi) is 4.99. The van der Waals surface area contributed by atoms with Crippen molar-refractivity contribution in [3.63, 3.8) is 0 Å². The van der Waals surface area contributed by atoms with E-state index in [1.165, 1.54) is 35.3 Å². The van der Waals surface area contributed by atoms with Gasteiger partial charge in [-0.3, -0.25) is 9.59 Å². The molecule has 0 unspecified atom stereocenters. The Morgan fingerprint density at radius 3 is 2.65 bits per heavy atom. The highest BCUT2D eigenvalue weighted by atomic mass is 19.4. The van der Waals surface area contributed by atoms with Crippen molar-refractivity contribution >= 4 is 28.2 Å². The molecular formula is C22H18F4N2O3. The Labute approximate surface area is 174 Å². The third-order valence-electron chi connectivity index (χ3n) is 5.53. The van der Waals surface area contributed by atoms with Crippen LogP contribution in [0, 0.1) is 12.7 Å². The first-order valence-corrected chi connectivity index (χ1v) is 9.54. The summed E-state index contributed by atoms with van der Waals surface area (Å²) in [6.45, 7) is 1.12. The standard InChI is InChI=1S/C22H18F4N2O3/c1-12-21(16-8-13(23)2-5-18(16)28(12)11-20(30)31)17-10-27(7-6-22(24,25)26)19-9-14(29)3-4-15(17)19/h2-5,8-9H,6-7,10-11H2,1H3,(H,30,31). The van der Waals surface area contributed by atoms with Gasteiger partial charge in [0.05, 0.1) is 6.42 Å². The van der Waals surface area contributed by atoms with Crippen molar-refractivity contribution in [1.29, 1.82) is 0 Å². The number of halogens is 4. The number of hydrogen-bond acceptors (Lipinski definition) is 3. The topological polar surface area (TPSA) is 62.5 Å². The van der Waals surface area contributed by atoms with Crippen molar-refractivity contribution in [2.24, 2.45) is 0 Å². The fourth-order valence-corrected chi connectivity index (χ4v) is 4.24. The van der Waals surface area contributed by atoms with Crippen molar-refractivity contribution < 1.29 is 32.3 Å². The van der Waals surface area contributed by atoms with E-state index in [1.807, 2.05) is 0 Å². The molecule has 1 aliphatic heterocycles. The highest BCUT2D eigenvalue weighted by Gasteiger charge is 2.34. The maximum atomic E-state index is 14.1. The molecule has 0 atom stereocenters. The Morgan fingerprint density at radius 1 is 1.23 bits per heavy atom. The Bertz CT molecular complexity index is 1200. The third kappa shape index (κ3) is 3.87. The highest BCUT2D eigenvalue weighted by molar-refractivity contribution is 6.06. The van der Waals surface area contributed by atoms with E-state index in [0.717, 1.165) is 0 Å². The normalized spacial score (nSPS) is 16.4. The molecule has 9 heteroatoms. The summed E-state index contributed by atoms with van der Waals surface area (Å²) < 4.78 is 54.1. The van der Waals surface area contributed by atoms with Crippen LogP contribution in [0.4, 0.5) is 17.6 Å². The zero-order valence-corrected chi connectivity index (χ0v) is 16.5. The first-order valence-electron chi connectivity index (χ1n) is 9.54. The molecule has 5 nitrogen and oxygen atoms in total. The number of carbonyl (C=O) groups excluding carboxylic acids is 1. The zero-order chi connectivity index (χ0) is 22.5. The maximum Gasteiger partial charge on any atom is 0.390 e. The smallest absolute Gasteiger partial charge is 0.390 e. The molecule has 0 spiro atoms. The fourth-order valence-electron chi connectivity index (χ4n) is 4.24. The molecule has 0 fully saturated rings. The average molecular weight is 434 g/mol. The van der Waals surface area contributed by atoms with Gasteiger partial charge in [-0.15, -0.1) is 0 Å². The van der Waals surface area contributed by atoms with Gasteiger partial charge in [0.25, 0.3) is 0 Å². The lowest BCUT2D eigenvalue weighted by Crippen LogP contribution is -2.26.